The van der Waals surface area contributed by atoms with Crippen LogP contribution in [0.15, 0.2) is 36.4 Å². The van der Waals surface area contributed by atoms with Crippen LogP contribution in [0.4, 0.5) is 10.5 Å². The summed E-state index contributed by atoms with van der Waals surface area (Å²) in [6.45, 7) is 10.5. The second kappa shape index (κ2) is 9.42. The number of aryl methyl sites for hydroxylation is 3. The fourth-order valence-corrected chi connectivity index (χ4v) is 3.89. The van der Waals surface area contributed by atoms with Gasteiger partial charge in [0.15, 0.2) is 0 Å². The molecule has 0 bridgehead atoms. The van der Waals surface area contributed by atoms with Crippen LogP contribution >= 0.6 is 0 Å². The summed E-state index contributed by atoms with van der Waals surface area (Å²) in [7, 11) is 1.45. The van der Waals surface area contributed by atoms with Gasteiger partial charge in [-0.3, -0.25) is 5.01 Å². The van der Waals surface area contributed by atoms with Gasteiger partial charge in [-0.05, 0) is 75.1 Å². The topological polar surface area (TPSA) is 103 Å². The fraction of sp³-hybridized carbons (Fsp3) is 0.333. The van der Waals surface area contributed by atoms with Gasteiger partial charge < -0.3 is 4.74 Å². The van der Waals surface area contributed by atoms with E-state index >= 15 is 0 Å². The summed E-state index contributed by atoms with van der Waals surface area (Å²) >= 11 is 0. The zero-order valence-corrected chi connectivity index (χ0v) is 19.6. The van der Waals surface area contributed by atoms with Gasteiger partial charge in [-0.25, -0.2) is 26.2 Å². The molecule has 1 aromatic heterocycles. The highest BCUT2D eigenvalue weighted by Crippen LogP contribution is 2.28. The number of hydrogen-bond donors (Lipinski definition) is 2. The Labute approximate surface area is 189 Å². The molecule has 0 aliphatic carbocycles. The Balaban J connectivity index is 1.85. The van der Waals surface area contributed by atoms with Gasteiger partial charge in [0.05, 0.1) is 17.1 Å². The summed E-state index contributed by atoms with van der Waals surface area (Å²) in [6, 6.07) is 11.1. The fourth-order valence-electron chi connectivity index (χ4n) is 3.89. The third-order valence-electron chi connectivity index (χ3n) is 5.72. The van der Waals surface area contributed by atoms with Crippen molar-refractivity contribution in [1.29, 1.82) is 0 Å². The second-order valence-electron chi connectivity index (χ2n) is 7.99. The van der Waals surface area contributed by atoms with E-state index in [0.717, 1.165) is 56.0 Å². The van der Waals surface area contributed by atoms with Crippen molar-refractivity contribution in [2.24, 2.45) is 11.7 Å². The number of nitrogens with two attached hydrogens (primary N) is 2. The Kier molecular flexibility index (Phi) is 6.86. The molecule has 8 nitrogen and oxygen atoms in total. The molecule has 4 N–H and O–H groups in total. The van der Waals surface area contributed by atoms with E-state index in [1.165, 1.54) is 12.6 Å². The van der Waals surface area contributed by atoms with Crippen molar-refractivity contribution in [3.8, 4) is 11.4 Å². The van der Waals surface area contributed by atoms with Gasteiger partial charge in [-0.1, -0.05) is 19.1 Å². The summed E-state index contributed by atoms with van der Waals surface area (Å²) in [5.74, 6) is 12.3. The molecule has 2 aromatic carbocycles. The molecule has 0 spiro atoms. The highest BCUT2D eigenvalue weighted by molar-refractivity contribution is 5.91. The Morgan fingerprint density at radius 1 is 1.06 bits per heavy atom. The molecule has 3 aromatic rings. The van der Waals surface area contributed by atoms with E-state index in [2.05, 4.69) is 19.9 Å². The number of hydrogen-bond acceptors (Lipinski definition) is 5. The number of rotatable bonds is 6. The predicted molar refractivity (Wildman–Crippen MR) is 127 cm³/mol. The van der Waals surface area contributed by atoms with Crippen LogP contribution in [0.2, 0.25) is 0 Å². The standard InChI is InChI=1S/C24H32N6O2/c1-7-20-17(4)27-30(18(20)5)19-11-12-23(16(3)13-19)32-14-21-15(2)9-8-10-22(21)29(26)24(31)28(6)25/h8-13H,7,14,25-26H2,1-6H3. The highest BCUT2D eigenvalue weighted by Gasteiger charge is 2.19. The Bertz CT molecular complexity index is 1140. The number of amides is 2. The highest BCUT2D eigenvalue weighted by atomic mass is 16.5. The summed E-state index contributed by atoms with van der Waals surface area (Å²) in [4.78, 5) is 12.2. The third-order valence-corrected chi connectivity index (χ3v) is 5.72. The third kappa shape index (κ3) is 4.46. The number of carbonyl (C=O) groups excluding carboxylic acids is 1. The molecule has 8 heteroatoms. The van der Waals surface area contributed by atoms with E-state index in [0.29, 0.717) is 5.69 Å². The minimum atomic E-state index is -0.520. The van der Waals surface area contributed by atoms with Gasteiger partial charge in [0.1, 0.15) is 12.4 Å². The monoisotopic (exact) mass is 436 g/mol. The lowest BCUT2D eigenvalue weighted by Crippen LogP contribution is -2.49. The van der Waals surface area contributed by atoms with E-state index in [-0.39, 0.29) is 6.61 Å². The lowest BCUT2D eigenvalue weighted by Gasteiger charge is -2.24. The Hall–Kier alpha value is -3.36. The molecule has 32 heavy (non-hydrogen) atoms. The van der Waals surface area contributed by atoms with Crippen LogP contribution in [0.3, 0.4) is 0 Å². The number of hydrazine groups is 2. The van der Waals surface area contributed by atoms with Gasteiger partial charge in [-0.15, -0.1) is 0 Å². The number of anilines is 1. The lowest BCUT2D eigenvalue weighted by atomic mass is 10.1. The summed E-state index contributed by atoms with van der Waals surface area (Å²) in [6.07, 6.45) is 0.956. The van der Waals surface area contributed by atoms with Crippen molar-refractivity contribution in [3.05, 3.63) is 70.0 Å². The minimum Gasteiger partial charge on any atom is -0.489 e. The van der Waals surface area contributed by atoms with Crippen molar-refractivity contribution in [2.45, 2.75) is 47.6 Å². The van der Waals surface area contributed by atoms with Crippen LogP contribution in [0.25, 0.3) is 5.69 Å². The maximum absolute atomic E-state index is 12.2. The van der Waals surface area contributed by atoms with E-state index in [4.69, 9.17) is 21.5 Å². The average molecular weight is 437 g/mol. The van der Waals surface area contributed by atoms with E-state index in [1.807, 2.05) is 49.7 Å². The van der Waals surface area contributed by atoms with Crippen molar-refractivity contribution in [3.63, 3.8) is 0 Å². The number of aromatic nitrogens is 2. The first kappa shape index (κ1) is 23.3. The molecule has 0 aliphatic heterocycles. The van der Waals surface area contributed by atoms with Crippen LogP contribution in [-0.4, -0.2) is 27.9 Å². The molecule has 0 unspecified atom stereocenters. The number of urea groups is 1. The first-order valence-electron chi connectivity index (χ1n) is 10.6. The molecule has 1 heterocycles. The molecule has 0 radical (unpaired) electrons. The van der Waals surface area contributed by atoms with Gasteiger partial charge in [0, 0.05) is 18.3 Å². The van der Waals surface area contributed by atoms with Crippen LogP contribution in [-0.2, 0) is 13.0 Å². The van der Waals surface area contributed by atoms with Crippen molar-refractivity contribution in [2.75, 3.05) is 12.1 Å². The molecule has 0 saturated carbocycles. The summed E-state index contributed by atoms with van der Waals surface area (Å²) in [5, 5.41) is 6.68. The van der Waals surface area contributed by atoms with Crippen LogP contribution in [0, 0.1) is 27.7 Å². The first-order valence-corrected chi connectivity index (χ1v) is 10.6. The molecule has 0 atom stereocenters. The van der Waals surface area contributed by atoms with Gasteiger partial charge in [0.25, 0.3) is 0 Å². The summed E-state index contributed by atoms with van der Waals surface area (Å²) in [5.41, 5.74) is 7.81. The van der Waals surface area contributed by atoms with E-state index < -0.39 is 6.03 Å². The van der Waals surface area contributed by atoms with E-state index in [9.17, 15) is 4.79 Å². The zero-order valence-electron chi connectivity index (χ0n) is 19.6. The zero-order chi connectivity index (χ0) is 23.6. The van der Waals surface area contributed by atoms with Crippen LogP contribution in [0.5, 0.6) is 5.75 Å². The average Bonchev–Trinajstić information content (AvgIpc) is 3.05. The second-order valence-corrected chi connectivity index (χ2v) is 7.99. The Morgan fingerprint density at radius 3 is 2.38 bits per heavy atom. The molecule has 170 valence electrons. The molecular formula is C24H32N6O2. The normalized spacial score (nSPS) is 10.9. The van der Waals surface area contributed by atoms with Gasteiger partial charge >= 0.3 is 6.03 Å². The van der Waals surface area contributed by atoms with Gasteiger partial charge in [0.2, 0.25) is 0 Å². The van der Waals surface area contributed by atoms with Crippen LogP contribution < -0.4 is 21.4 Å². The number of nitrogens with zero attached hydrogens (tertiary/aromatic N) is 4. The first-order chi connectivity index (χ1) is 15.1. The molecule has 0 fully saturated rings. The van der Waals surface area contributed by atoms with Crippen molar-refractivity contribution < 1.29 is 9.53 Å². The predicted octanol–water partition coefficient (Wildman–Crippen LogP) is 3.85. The smallest absolute Gasteiger partial charge is 0.352 e. The Morgan fingerprint density at radius 2 is 1.78 bits per heavy atom. The molecule has 0 saturated heterocycles. The maximum Gasteiger partial charge on any atom is 0.352 e. The maximum atomic E-state index is 12.2. The van der Waals surface area contributed by atoms with Crippen molar-refractivity contribution >= 4 is 11.7 Å². The number of ether oxygens (including phenoxy) is 1. The van der Waals surface area contributed by atoms with Crippen molar-refractivity contribution in [1.82, 2.24) is 14.8 Å². The van der Waals surface area contributed by atoms with Crippen LogP contribution in [0.1, 0.15) is 40.6 Å². The molecule has 3 rings (SSSR count). The van der Waals surface area contributed by atoms with Gasteiger partial charge in [-0.2, -0.15) is 5.10 Å². The largest absolute Gasteiger partial charge is 0.489 e. The number of carbonyl (C=O) groups is 1. The SMILES string of the molecule is CCc1c(C)nn(-c2ccc(OCc3c(C)cccc3N(N)C(=O)N(C)N)c(C)c2)c1C. The summed E-state index contributed by atoms with van der Waals surface area (Å²) < 4.78 is 8.12. The quantitative estimate of drug-likeness (QED) is 0.347. The number of benzene rings is 2. The molecule has 2 amide bonds. The molecule has 0 aliphatic rings. The van der Waals surface area contributed by atoms with E-state index in [1.54, 1.807) is 6.07 Å². The lowest BCUT2D eigenvalue weighted by molar-refractivity contribution is 0.216. The minimum absolute atomic E-state index is 0.261. The molecular weight excluding hydrogens is 404 g/mol.